The average Bonchev–Trinajstić information content (AvgIpc) is 3.06. The lowest BCUT2D eigenvalue weighted by Crippen LogP contribution is -2.25. The Morgan fingerprint density at radius 3 is 3.00 bits per heavy atom. The maximum Gasteiger partial charge on any atom is 0.252 e. The molecule has 0 aliphatic heterocycles. The summed E-state index contributed by atoms with van der Waals surface area (Å²) in [7, 11) is 0. The summed E-state index contributed by atoms with van der Waals surface area (Å²) in [5.41, 5.74) is 3.07. The van der Waals surface area contributed by atoms with Crippen LogP contribution in [0.2, 0.25) is 0 Å². The van der Waals surface area contributed by atoms with E-state index in [2.05, 4.69) is 38.4 Å². The number of benzene rings is 1. The molecule has 3 aromatic rings. The predicted molar refractivity (Wildman–Crippen MR) is 86.4 cm³/mol. The second-order valence-corrected chi connectivity index (χ2v) is 6.80. The second kappa shape index (κ2) is 5.81. The molecule has 5 heteroatoms. The van der Waals surface area contributed by atoms with Crippen molar-refractivity contribution >= 4 is 44.1 Å². The minimum atomic E-state index is -0.0215. The molecule has 0 saturated carbocycles. The zero-order valence-electron chi connectivity index (χ0n) is 10.7. The van der Waals surface area contributed by atoms with E-state index in [-0.39, 0.29) is 5.91 Å². The summed E-state index contributed by atoms with van der Waals surface area (Å²) in [4.78, 5) is 15.2. The number of amides is 1. The fraction of sp³-hybridized carbons (Fsp3) is 0.133. The van der Waals surface area contributed by atoms with Crippen molar-refractivity contribution in [3.63, 3.8) is 0 Å². The molecule has 0 bridgehead atoms. The fourth-order valence-electron chi connectivity index (χ4n) is 2.18. The van der Waals surface area contributed by atoms with Gasteiger partial charge in [-0.15, -0.1) is 11.3 Å². The SMILES string of the molecule is O=C(NCCc1c[nH]c2ccccc12)c1csc(Br)c1. The molecule has 3 rings (SSSR count). The maximum absolute atomic E-state index is 11.9. The van der Waals surface area contributed by atoms with Crippen LogP contribution >= 0.6 is 27.3 Å². The van der Waals surface area contributed by atoms with Gasteiger partial charge in [0.1, 0.15) is 0 Å². The Kier molecular flexibility index (Phi) is 3.89. The van der Waals surface area contributed by atoms with Crippen molar-refractivity contribution in [2.24, 2.45) is 0 Å². The molecule has 0 atom stereocenters. The van der Waals surface area contributed by atoms with Crippen LogP contribution in [0.3, 0.4) is 0 Å². The fourth-order valence-corrected chi connectivity index (χ4v) is 3.32. The quantitative estimate of drug-likeness (QED) is 0.736. The first-order chi connectivity index (χ1) is 9.74. The van der Waals surface area contributed by atoms with Gasteiger partial charge in [0.25, 0.3) is 5.91 Å². The van der Waals surface area contributed by atoms with Gasteiger partial charge in [0.15, 0.2) is 0 Å². The molecule has 0 aliphatic carbocycles. The number of H-pyrrole nitrogens is 1. The van der Waals surface area contributed by atoms with Crippen LogP contribution < -0.4 is 5.32 Å². The molecule has 0 radical (unpaired) electrons. The lowest BCUT2D eigenvalue weighted by atomic mass is 10.1. The van der Waals surface area contributed by atoms with Crippen LogP contribution in [-0.2, 0) is 6.42 Å². The van der Waals surface area contributed by atoms with Gasteiger partial charge in [-0.25, -0.2) is 0 Å². The molecular weight excluding hydrogens is 336 g/mol. The Hall–Kier alpha value is -1.59. The largest absolute Gasteiger partial charge is 0.361 e. The molecular formula is C15H13BrN2OS. The number of fused-ring (bicyclic) bond motifs is 1. The molecule has 0 fully saturated rings. The van der Waals surface area contributed by atoms with E-state index in [1.807, 2.05) is 29.8 Å². The van der Waals surface area contributed by atoms with Gasteiger partial charge in [-0.1, -0.05) is 18.2 Å². The Bertz CT molecular complexity index is 747. The highest BCUT2D eigenvalue weighted by atomic mass is 79.9. The van der Waals surface area contributed by atoms with Crippen molar-refractivity contribution in [1.82, 2.24) is 10.3 Å². The van der Waals surface area contributed by atoms with Crippen molar-refractivity contribution < 1.29 is 4.79 Å². The van der Waals surface area contributed by atoms with Gasteiger partial charge in [-0.3, -0.25) is 4.79 Å². The first-order valence-electron chi connectivity index (χ1n) is 6.31. The highest BCUT2D eigenvalue weighted by molar-refractivity contribution is 9.11. The summed E-state index contributed by atoms with van der Waals surface area (Å²) in [6.45, 7) is 0.633. The Morgan fingerprint density at radius 1 is 1.35 bits per heavy atom. The van der Waals surface area contributed by atoms with Crippen molar-refractivity contribution in [2.45, 2.75) is 6.42 Å². The Balaban J connectivity index is 1.61. The molecule has 0 spiro atoms. The van der Waals surface area contributed by atoms with Gasteiger partial charge in [-0.05, 0) is 40.0 Å². The molecule has 2 heterocycles. The number of halogens is 1. The van der Waals surface area contributed by atoms with Crippen molar-refractivity contribution in [3.8, 4) is 0 Å². The standard InChI is InChI=1S/C15H13BrN2OS/c16-14-7-11(9-20-14)15(19)17-6-5-10-8-18-13-4-2-1-3-12(10)13/h1-4,7-9,18H,5-6H2,(H,17,19). The van der Waals surface area contributed by atoms with Crippen LogP contribution in [0.15, 0.2) is 45.7 Å². The van der Waals surface area contributed by atoms with Gasteiger partial charge in [0.2, 0.25) is 0 Å². The van der Waals surface area contributed by atoms with Crippen LogP contribution in [0, 0.1) is 0 Å². The number of aromatic amines is 1. The molecule has 0 unspecified atom stereocenters. The molecule has 1 aromatic carbocycles. The lowest BCUT2D eigenvalue weighted by molar-refractivity contribution is 0.0954. The van der Waals surface area contributed by atoms with E-state index in [9.17, 15) is 4.79 Å². The summed E-state index contributed by atoms with van der Waals surface area (Å²) >= 11 is 4.88. The van der Waals surface area contributed by atoms with Crippen LogP contribution in [0.4, 0.5) is 0 Å². The molecule has 20 heavy (non-hydrogen) atoms. The van der Waals surface area contributed by atoms with Crippen LogP contribution in [-0.4, -0.2) is 17.4 Å². The number of carbonyl (C=O) groups excluding carboxylic acids is 1. The molecule has 102 valence electrons. The molecule has 0 saturated heterocycles. The van der Waals surface area contributed by atoms with E-state index in [4.69, 9.17) is 0 Å². The number of rotatable bonds is 4. The van der Waals surface area contributed by atoms with Crippen molar-refractivity contribution in [2.75, 3.05) is 6.54 Å². The summed E-state index contributed by atoms with van der Waals surface area (Å²) in [5, 5.41) is 6.02. The highest BCUT2D eigenvalue weighted by Gasteiger charge is 2.08. The minimum absolute atomic E-state index is 0.0215. The van der Waals surface area contributed by atoms with Crippen LogP contribution in [0.1, 0.15) is 15.9 Å². The summed E-state index contributed by atoms with van der Waals surface area (Å²) in [5.74, 6) is -0.0215. The van der Waals surface area contributed by atoms with E-state index >= 15 is 0 Å². The third kappa shape index (κ3) is 2.78. The van der Waals surface area contributed by atoms with Crippen LogP contribution in [0.25, 0.3) is 10.9 Å². The third-order valence-corrected chi connectivity index (χ3v) is 4.69. The average molecular weight is 349 g/mol. The van der Waals surface area contributed by atoms with E-state index < -0.39 is 0 Å². The first kappa shape index (κ1) is 13.4. The number of para-hydroxylation sites is 1. The number of nitrogens with one attached hydrogen (secondary N) is 2. The molecule has 2 N–H and O–H groups in total. The topological polar surface area (TPSA) is 44.9 Å². The first-order valence-corrected chi connectivity index (χ1v) is 7.98. The van der Waals surface area contributed by atoms with Crippen molar-refractivity contribution in [1.29, 1.82) is 0 Å². The minimum Gasteiger partial charge on any atom is -0.361 e. The summed E-state index contributed by atoms with van der Waals surface area (Å²) in [6.07, 6.45) is 2.83. The Labute approximate surface area is 129 Å². The second-order valence-electron chi connectivity index (χ2n) is 4.50. The van der Waals surface area contributed by atoms with Crippen LogP contribution in [0.5, 0.6) is 0 Å². The van der Waals surface area contributed by atoms with Crippen molar-refractivity contribution in [3.05, 3.63) is 56.8 Å². The van der Waals surface area contributed by atoms with E-state index in [0.717, 1.165) is 15.7 Å². The van der Waals surface area contributed by atoms with Gasteiger partial charge in [0, 0.05) is 29.0 Å². The van der Waals surface area contributed by atoms with Gasteiger partial charge in [0.05, 0.1) is 9.35 Å². The monoisotopic (exact) mass is 348 g/mol. The van der Waals surface area contributed by atoms with Gasteiger partial charge >= 0.3 is 0 Å². The maximum atomic E-state index is 11.9. The van der Waals surface area contributed by atoms with E-state index in [1.54, 1.807) is 0 Å². The van der Waals surface area contributed by atoms with E-state index in [1.165, 1.54) is 22.3 Å². The zero-order valence-corrected chi connectivity index (χ0v) is 13.1. The van der Waals surface area contributed by atoms with Gasteiger partial charge < -0.3 is 10.3 Å². The molecule has 2 aromatic heterocycles. The van der Waals surface area contributed by atoms with E-state index in [0.29, 0.717) is 12.1 Å². The number of hydrogen-bond donors (Lipinski definition) is 2. The number of hydrogen-bond acceptors (Lipinski definition) is 2. The lowest BCUT2D eigenvalue weighted by Gasteiger charge is -2.03. The smallest absolute Gasteiger partial charge is 0.252 e. The molecule has 1 amide bonds. The predicted octanol–water partition coefficient (Wildman–Crippen LogP) is 3.96. The third-order valence-electron chi connectivity index (χ3n) is 3.18. The Morgan fingerprint density at radius 2 is 2.20 bits per heavy atom. The summed E-state index contributed by atoms with van der Waals surface area (Å²) < 4.78 is 0.972. The van der Waals surface area contributed by atoms with Gasteiger partial charge in [-0.2, -0.15) is 0 Å². The highest BCUT2D eigenvalue weighted by Crippen LogP contribution is 2.20. The zero-order chi connectivity index (χ0) is 13.9. The summed E-state index contributed by atoms with van der Waals surface area (Å²) in [6, 6.07) is 10.0. The normalized spacial score (nSPS) is 10.8. The number of carbonyl (C=O) groups is 1. The molecule has 3 nitrogen and oxygen atoms in total. The number of aromatic nitrogens is 1. The number of thiophene rings is 1. The molecule has 0 aliphatic rings.